The predicted molar refractivity (Wildman–Crippen MR) is 82.0 cm³/mol. The van der Waals surface area contributed by atoms with Gasteiger partial charge in [0.2, 0.25) is 0 Å². The van der Waals surface area contributed by atoms with Gasteiger partial charge in [0.1, 0.15) is 0 Å². The topological polar surface area (TPSA) is 12.0 Å². The highest BCUT2D eigenvalue weighted by molar-refractivity contribution is 4.96. The summed E-state index contributed by atoms with van der Waals surface area (Å²) in [5.41, 5.74) is 1.21. The van der Waals surface area contributed by atoms with Crippen LogP contribution in [-0.4, -0.2) is 13.1 Å². The Labute approximate surface area is 115 Å². The molecular formula is C17H35N. The van der Waals surface area contributed by atoms with Gasteiger partial charge in [0.05, 0.1) is 0 Å². The van der Waals surface area contributed by atoms with E-state index in [4.69, 9.17) is 0 Å². The summed E-state index contributed by atoms with van der Waals surface area (Å²) in [6.07, 6.45) is 12.5. The van der Waals surface area contributed by atoms with Crippen molar-refractivity contribution in [2.24, 2.45) is 10.8 Å². The van der Waals surface area contributed by atoms with Gasteiger partial charge in [-0.1, -0.05) is 53.4 Å². The second-order valence-corrected chi connectivity index (χ2v) is 6.78. The normalized spacial score (nSPS) is 22.0. The van der Waals surface area contributed by atoms with E-state index in [0.29, 0.717) is 10.8 Å². The maximum Gasteiger partial charge on any atom is 0.000825 e. The molecule has 0 bridgehead atoms. The molecule has 0 saturated carbocycles. The largest absolute Gasteiger partial charge is 0.316 e. The molecule has 18 heavy (non-hydrogen) atoms. The molecule has 0 aromatic heterocycles. The number of hydrogen-bond donors (Lipinski definition) is 1. The zero-order valence-electron chi connectivity index (χ0n) is 13.3. The van der Waals surface area contributed by atoms with E-state index in [1.54, 1.807) is 0 Å². The Balaban J connectivity index is 2.81. The third-order valence-corrected chi connectivity index (χ3v) is 4.87. The molecule has 1 rings (SSSR count). The van der Waals surface area contributed by atoms with Gasteiger partial charge in [-0.2, -0.15) is 0 Å². The first-order chi connectivity index (χ1) is 8.66. The molecule has 0 atom stereocenters. The van der Waals surface area contributed by atoms with Crippen LogP contribution in [0.2, 0.25) is 0 Å². The highest BCUT2D eigenvalue weighted by Crippen LogP contribution is 2.48. The predicted octanol–water partition coefficient (Wildman–Crippen LogP) is 5.15. The van der Waals surface area contributed by atoms with Gasteiger partial charge in [0, 0.05) is 13.1 Å². The van der Waals surface area contributed by atoms with Crippen LogP contribution in [0.1, 0.15) is 85.5 Å². The van der Waals surface area contributed by atoms with Crippen molar-refractivity contribution in [3.63, 3.8) is 0 Å². The molecule has 0 radical (unpaired) electrons. The Kier molecular flexibility index (Phi) is 6.70. The van der Waals surface area contributed by atoms with Crippen LogP contribution >= 0.6 is 0 Å². The number of nitrogens with one attached hydrogen (secondary N) is 1. The first kappa shape index (κ1) is 16.0. The van der Waals surface area contributed by atoms with Crippen molar-refractivity contribution in [2.75, 3.05) is 13.1 Å². The van der Waals surface area contributed by atoms with Gasteiger partial charge < -0.3 is 5.32 Å². The van der Waals surface area contributed by atoms with E-state index in [2.05, 4.69) is 33.0 Å². The lowest BCUT2D eigenvalue weighted by atomic mass is 9.61. The van der Waals surface area contributed by atoms with Crippen molar-refractivity contribution in [2.45, 2.75) is 85.5 Å². The van der Waals surface area contributed by atoms with Crippen LogP contribution in [0.4, 0.5) is 0 Å². The molecule has 1 saturated heterocycles. The number of hydrogen-bond acceptors (Lipinski definition) is 1. The Hall–Kier alpha value is -0.0400. The maximum absolute atomic E-state index is 3.81. The molecular weight excluding hydrogens is 218 g/mol. The molecule has 1 N–H and O–H groups in total. The first-order valence-corrected chi connectivity index (χ1v) is 8.36. The lowest BCUT2D eigenvalue weighted by molar-refractivity contribution is 0.0441. The summed E-state index contributed by atoms with van der Waals surface area (Å²) >= 11 is 0. The van der Waals surface area contributed by atoms with Gasteiger partial charge in [-0.05, 0) is 42.9 Å². The second kappa shape index (κ2) is 7.53. The van der Waals surface area contributed by atoms with Crippen LogP contribution in [0.5, 0.6) is 0 Å². The van der Waals surface area contributed by atoms with E-state index in [1.807, 2.05) is 0 Å². The van der Waals surface area contributed by atoms with E-state index < -0.39 is 0 Å². The van der Waals surface area contributed by atoms with Gasteiger partial charge in [-0.3, -0.25) is 0 Å². The van der Waals surface area contributed by atoms with Crippen molar-refractivity contribution in [3.05, 3.63) is 0 Å². The summed E-state index contributed by atoms with van der Waals surface area (Å²) in [6, 6.07) is 0. The molecule has 0 aliphatic carbocycles. The van der Waals surface area contributed by atoms with Gasteiger partial charge in [-0.15, -0.1) is 0 Å². The van der Waals surface area contributed by atoms with Gasteiger partial charge in [0.25, 0.3) is 0 Å². The average molecular weight is 253 g/mol. The first-order valence-electron chi connectivity index (χ1n) is 8.36. The molecule has 108 valence electrons. The quantitative estimate of drug-likeness (QED) is 0.630. The fourth-order valence-electron chi connectivity index (χ4n) is 4.59. The molecule has 0 spiro atoms. The standard InChI is InChI=1S/C17H35N/c1-5-9-16(10-6-2)13-17(11-7-3,12-8-4)15-18-14-16/h18H,5-15H2,1-4H3. The smallest absolute Gasteiger partial charge is 0.000825 e. The highest BCUT2D eigenvalue weighted by Gasteiger charge is 2.42. The molecule has 1 aliphatic heterocycles. The summed E-state index contributed by atoms with van der Waals surface area (Å²) in [5.74, 6) is 0. The van der Waals surface area contributed by atoms with Crippen molar-refractivity contribution in [1.29, 1.82) is 0 Å². The third kappa shape index (κ3) is 3.98. The zero-order chi connectivity index (χ0) is 13.5. The third-order valence-electron chi connectivity index (χ3n) is 4.87. The van der Waals surface area contributed by atoms with Crippen LogP contribution in [0.3, 0.4) is 0 Å². The molecule has 1 nitrogen and oxygen atoms in total. The molecule has 0 unspecified atom stereocenters. The van der Waals surface area contributed by atoms with E-state index in [-0.39, 0.29) is 0 Å². The highest BCUT2D eigenvalue weighted by atomic mass is 14.9. The van der Waals surface area contributed by atoms with Crippen LogP contribution in [0.15, 0.2) is 0 Å². The van der Waals surface area contributed by atoms with Crippen LogP contribution in [0.25, 0.3) is 0 Å². The minimum atomic E-state index is 0.603. The monoisotopic (exact) mass is 253 g/mol. The summed E-state index contributed by atoms with van der Waals surface area (Å²) in [4.78, 5) is 0. The van der Waals surface area contributed by atoms with Crippen molar-refractivity contribution < 1.29 is 0 Å². The molecule has 0 aromatic rings. The molecule has 0 amide bonds. The zero-order valence-corrected chi connectivity index (χ0v) is 13.3. The van der Waals surface area contributed by atoms with Gasteiger partial charge >= 0.3 is 0 Å². The Morgan fingerprint density at radius 3 is 1.28 bits per heavy atom. The average Bonchev–Trinajstić information content (AvgIpc) is 2.30. The second-order valence-electron chi connectivity index (χ2n) is 6.78. The summed E-state index contributed by atoms with van der Waals surface area (Å²) in [5, 5.41) is 3.81. The summed E-state index contributed by atoms with van der Waals surface area (Å²) in [6.45, 7) is 12.0. The van der Waals surface area contributed by atoms with E-state index in [9.17, 15) is 0 Å². The Bertz CT molecular complexity index is 177. The van der Waals surface area contributed by atoms with E-state index >= 15 is 0 Å². The van der Waals surface area contributed by atoms with Crippen LogP contribution < -0.4 is 5.32 Å². The summed E-state index contributed by atoms with van der Waals surface area (Å²) < 4.78 is 0. The van der Waals surface area contributed by atoms with Gasteiger partial charge in [0.15, 0.2) is 0 Å². The van der Waals surface area contributed by atoms with Crippen molar-refractivity contribution in [1.82, 2.24) is 5.32 Å². The number of piperidine rings is 1. The molecule has 0 aromatic carbocycles. The molecule has 1 fully saturated rings. The fourth-order valence-corrected chi connectivity index (χ4v) is 4.59. The molecule has 1 heterocycles. The Morgan fingerprint density at radius 1 is 0.667 bits per heavy atom. The number of rotatable bonds is 8. The lowest BCUT2D eigenvalue weighted by Crippen LogP contribution is -2.50. The van der Waals surface area contributed by atoms with E-state index in [1.165, 1.54) is 70.9 Å². The van der Waals surface area contributed by atoms with Gasteiger partial charge in [-0.25, -0.2) is 0 Å². The van der Waals surface area contributed by atoms with E-state index in [0.717, 1.165) is 0 Å². The fraction of sp³-hybridized carbons (Fsp3) is 1.00. The van der Waals surface area contributed by atoms with Crippen molar-refractivity contribution >= 4 is 0 Å². The molecule has 1 heteroatoms. The van der Waals surface area contributed by atoms with Crippen molar-refractivity contribution in [3.8, 4) is 0 Å². The minimum absolute atomic E-state index is 0.603. The minimum Gasteiger partial charge on any atom is -0.316 e. The Morgan fingerprint density at radius 2 is 1.00 bits per heavy atom. The van der Waals surface area contributed by atoms with Crippen LogP contribution in [-0.2, 0) is 0 Å². The SMILES string of the molecule is CCCC1(CCC)CNCC(CCC)(CCC)C1. The molecule has 1 aliphatic rings. The lowest BCUT2D eigenvalue weighted by Gasteiger charge is -2.49. The maximum atomic E-state index is 3.81. The summed E-state index contributed by atoms with van der Waals surface area (Å²) in [7, 11) is 0. The van der Waals surface area contributed by atoms with Crippen LogP contribution in [0, 0.1) is 10.8 Å².